The van der Waals surface area contributed by atoms with Crippen LogP contribution in [0, 0.1) is 0 Å². The molecule has 0 spiro atoms. The Morgan fingerprint density at radius 1 is 1.33 bits per heavy atom. The van der Waals surface area contributed by atoms with Gasteiger partial charge in [0.05, 0.1) is 24.4 Å². The molecule has 0 fully saturated rings. The number of alkyl halides is 1. The van der Waals surface area contributed by atoms with Crippen molar-refractivity contribution >= 4 is 11.6 Å². The summed E-state index contributed by atoms with van der Waals surface area (Å²) in [6.45, 7) is 0. The van der Waals surface area contributed by atoms with Crippen molar-refractivity contribution in [2.45, 2.75) is 24.6 Å². The zero-order valence-corrected chi connectivity index (χ0v) is 11.0. The molecule has 0 aliphatic heterocycles. The Morgan fingerprint density at radius 2 is 2.11 bits per heavy atom. The van der Waals surface area contributed by atoms with Gasteiger partial charge in [-0.15, -0.1) is 11.6 Å². The molecule has 94 valence electrons. The molecule has 1 atom stereocenters. The molecule has 0 bridgehead atoms. The monoisotopic (exact) mass is 262 g/mol. The van der Waals surface area contributed by atoms with Crippen molar-refractivity contribution in [3.05, 3.63) is 41.7 Å². The van der Waals surface area contributed by atoms with Crippen molar-refractivity contribution in [3.8, 4) is 11.4 Å². The van der Waals surface area contributed by atoms with E-state index in [4.69, 9.17) is 16.3 Å². The van der Waals surface area contributed by atoms with Crippen LogP contribution in [0.3, 0.4) is 0 Å². The highest BCUT2D eigenvalue weighted by molar-refractivity contribution is 6.20. The van der Waals surface area contributed by atoms with E-state index in [0.717, 1.165) is 30.7 Å². The maximum atomic E-state index is 6.32. The number of fused-ring (bicyclic) bond motifs is 1. The van der Waals surface area contributed by atoms with Crippen molar-refractivity contribution in [1.82, 2.24) is 9.78 Å². The lowest BCUT2D eigenvalue weighted by molar-refractivity contribution is 0.414. The number of ether oxygens (including phenoxy) is 1. The number of hydrogen-bond donors (Lipinski definition) is 0. The van der Waals surface area contributed by atoms with Crippen LogP contribution in [0.15, 0.2) is 30.5 Å². The highest BCUT2D eigenvalue weighted by atomic mass is 35.5. The smallest absolute Gasteiger partial charge is 0.119 e. The predicted molar refractivity (Wildman–Crippen MR) is 71.6 cm³/mol. The molecule has 1 aromatic carbocycles. The first-order valence-electron chi connectivity index (χ1n) is 6.15. The molecule has 0 N–H and O–H groups in total. The summed E-state index contributed by atoms with van der Waals surface area (Å²) in [6, 6.07) is 7.93. The Kier molecular flexibility index (Phi) is 3.00. The van der Waals surface area contributed by atoms with Gasteiger partial charge in [0.25, 0.3) is 0 Å². The highest BCUT2D eigenvalue weighted by Crippen LogP contribution is 2.35. The third kappa shape index (κ3) is 1.89. The molecule has 3 nitrogen and oxygen atoms in total. The second-order valence-corrected chi connectivity index (χ2v) is 5.04. The van der Waals surface area contributed by atoms with Gasteiger partial charge in [-0.2, -0.15) is 5.10 Å². The fourth-order valence-corrected chi connectivity index (χ4v) is 2.79. The molecular formula is C14H15ClN2O. The van der Waals surface area contributed by atoms with Crippen LogP contribution in [0.5, 0.6) is 5.75 Å². The van der Waals surface area contributed by atoms with Gasteiger partial charge in [-0.3, -0.25) is 0 Å². The number of nitrogens with zero attached hydrogens (tertiary/aromatic N) is 2. The Morgan fingerprint density at radius 3 is 2.83 bits per heavy atom. The fourth-order valence-electron chi connectivity index (χ4n) is 2.45. The molecule has 4 heteroatoms. The van der Waals surface area contributed by atoms with E-state index in [0.29, 0.717) is 0 Å². The van der Waals surface area contributed by atoms with E-state index in [1.807, 2.05) is 35.1 Å². The van der Waals surface area contributed by atoms with Crippen LogP contribution < -0.4 is 4.74 Å². The van der Waals surface area contributed by atoms with Gasteiger partial charge in [-0.25, -0.2) is 4.68 Å². The van der Waals surface area contributed by atoms with E-state index in [1.54, 1.807) is 7.11 Å². The zero-order chi connectivity index (χ0) is 12.5. The topological polar surface area (TPSA) is 27.1 Å². The lowest BCUT2D eigenvalue weighted by Crippen LogP contribution is -2.09. The van der Waals surface area contributed by atoms with Crippen LogP contribution >= 0.6 is 11.6 Å². The molecule has 0 radical (unpaired) electrons. The molecule has 2 aromatic rings. The summed E-state index contributed by atoms with van der Waals surface area (Å²) < 4.78 is 7.15. The summed E-state index contributed by atoms with van der Waals surface area (Å²) in [6.07, 6.45) is 5.12. The normalized spacial score (nSPS) is 18.4. The maximum absolute atomic E-state index is 6.32. The predicted octanol–water partition coefficient (Wildman–Crippen LogP) is 3.50. The average Bonchev–Trinajstić information content (AvgIpc) is 2.84. The van der Waals surface area contributed by atoms with Crippen LogP contribution in [-0.4, -0.2) is 16.9 Å². The first kappa shape index (κ1) is 11.6. The molecule has 18 heavy (non-hydrogen) atoms. The zero-order valence-electron chi connectivity index (χ0n) is 10.3. The summed E-state index contributed by atoms with van der Waals surface area (Å²) in [5.74, 6) is 0.856. The van der Waals surface area contributed by atoms with Crippen molar-refractivity contribution in [2.75, 3.05) is 7.11 Å². The second-order valence-electron chi connectivity index (χ2n) is 4.52. The van der Waals surface area contributed by atoms with Crippen LogP contribution in [0.25, 0.3) is 5.69 Å². The third-order valence-corrected chi connectivity index (χ3v) is 3.88. The SMILES string of the molecule is COc1ccc(-n2ncc3c2CCCC3Cl)cc1. The number of hydrogen-bond acceptors (Lipinski definition) is 2. The number of benzene rings is 1. The van der Waals surface area contributed by atoms with Gasteiger partial charge in [0.1, 0.15) is 5.75 Å². The minimum atomic E-state index is 0.112. The van der Waals surface area contributed by atoms with Gasteiger partial charge in [-0.05, 0) is 43.5 Å². The average molecular weight is 263 g/mol. The lowest BCUT2D eigenvalue weighted by atomic mass is 9.97. The Hall–Kier alpha value is -1.48. The fraction of sp³-hybridized carbons (Fsp3) is 0.357. The van der Waals surface area contributed by atoms with Crippen LogP contribution in [-0.2, 0) is 6.42 Å². The first-order valence-corrected chi connectivity index (χ1v) is 6.58. The van der Waals surface area contributed by atoms with E-state index in [1.165, 1.54) is 11.3 Å². The van der Waals surface area contributed by atoms with E-state index in [9.17, 15) is 0 Å². The second kappa shape index (κ2) is 4.65. The molecule has 0 amide bonds. The molecule has 3 rings (SSSR count). The Balaban J connectivity index is 2.01. The summed E-state index contributed by atoms with van der Waals surface area (Å²) in [7, 11) is 1.67. The minimum Gasteiger partial charge on any atom is -0.497 e. The quantitative estimate of drug-likeness (QED) is 0.775. The molecule has 1 aliphatic carbocycles. The maximum Gasteiger partial charge on any atom is 0.119 e. The molecule has 0 saturated carbocycles. The molecule has 1 heterocycles. The van der Waals surface area contributed by atoms with Crippen molar-refractivity contribution < 1.29 is 4.74 Å². The summed E-state index contributed by atoms with van der Waals surface area (Å²) in [4.78, 5) is 0. The van der Waals surface area contributed by atoms with Gasteiger partial charge in [0.15, 0.2) is 0 Å². The van der Waals surface area contributed by atoms with Crippen molar-refractivity contribution in [2.24, 2.45) is 0 Å². The van der Waals surface area contributed by atoms with E-state index in [2.05, 4.69) is 5.10 Å². The number of methoxy groups -OCH3 is 1. The van der Waals surface area contributed by atoms with Gasteiger partial charge >= 0.3 is 0 Å². The van der Waals surface area contributed by atoms with E-state index < -0.39 is 0 Å². The van der Waals surface area contributed by atoms with Gasteiger partial charge in [0.2, 0.25) is 0 Å². The summed E-state index contributed by atoms with van der Waals surface area (Å²) in [5, 5.41) is 4.58. The van der Waals surface area contributed by atoms with E-state index >= 15 is 0 Å². The van der Waals surface area contributed by atoms with Crippen molar-refractivity contribution in [1.29, 1.82) is 0 Å². The van der Waals surface area contributed by atoms with Crippen LogP contribution in [0.4, 0.5) is 0 Å². The molecular weight excluding hydrogens is 248 g/mol. The highest BCUT2D eigenvalue weighted by Gasteiger charge is 2.22. The Labute approximate surface area is 111 Å². The molecule has 1 unspecified atom stereocenters. The summed E-state index contributed by atoms with van der Waals surface area (Å²) >= 11 is 6.32. The standard InChI is InChI=1S/C14H15ClN2O/c1-18-11-7-5-10(6-8-11)17-14-4-2-3-13(15)12(14)9-16-17/h5-9,13H,2-4H2,1H3. The number of rotatable bonds is 2. The molecule has 1 aromatic heterocycles. The largest absolute Gasteiger partial charge is 0.497 e. The first-order chi connectivity index (χ1) is 8.79. The number of aromatic nitrogens is 2. The lowest BCUT2D eigenvalue weighted by Gasteiger charge is -2.18. The van der Waals surface area contributed by atoms with Crippen molar-refractivity contribution in [3.63, 3.8) is 0 Å². The van der Waals surface area contributed by atoms with Crippen LogP contribution in [0.1, 0.15) is 29.5 Å². The molecule has 0 saturated heterocycles. The van der Waals surface area contributed by atoms with Gasteiger partial charge in [0, 0.05) is 11.3 Å². The van der Waals surface area contributed by atoms with Gasteiger partial charge < -0.3 is 4.74 Å². The minimum absolute atomic E-state index is 0.112. The summed E-state index contributed by atoms with van der Waals surface area (Å²) in [5.41, 5.74) is 3.48. The van der Waals surface area contributed by atoms with Gasteiger partial charge in [-0.1, -0.05) is 0 Å². The Bertz CT molecular complexity index is 547. The third-order valence-electron chi connectivity index (χ3n) is 3.43. The number of halogens is 1. The van der Waals surface area contributed by atoms with E-state index in [-0.39, 0.29) is 5.38 Å². The molecule has 1 aliphatic rings. The van der Waals surface area contributed by atoms with Crippen LogP contribution in [0.2, 0.25) is 0 Å².